The van der Waals surface area contributed by atoms with Gasteiger partial charge in [0.2, 0.25) is 0 Å². The van der Waals surface area contributed by atoms with E-state index < -0.39 is 0 Å². The summed E-state index contributed by atoms with van der Waals surface area (Å²) in [5.74, 6) is 7.14. The maximum atomic E-state index is 9.83. The molecule has 2 aromatic rings. The molecule has 0 saturated heterocycles. The summed E-state index contributed by atoms with van der Waals surface area (Å²) in [7, 11) is 0. The van der Waals surface area contributed by atoms with E-state index in [1.165, 1.54) is 93.6 Å². The maximum Gasteiger partial charge on any atom is 0.131 e. The minimum absolute atomic E-state index is 0.0162. The summed E-state index contributed by atoms with van der Waals surface area (Å²) in [5, 5.41) is 21.7. The molecule has 0 unspecified atom stereocenters. The summed E-state index contributed by atoms with van der Waals surface area (Å²) in [6, 6.07) is 9.43. The molecular weight excluding hydrogens is 472 g/mol. The second-order valence-corrected chi connectivity index (χ2v) is 14.6. The van der Waals surface area contributed by atoms with Gasteiger partial charge in [-0.2, -0.15) is 0 Å². The van der Waals surface area contributed by atoms with Gasteiger partial charge in [-0.3, -0.25) is 0 Å². The highest BCUT2D eigenvalue weighted by molar-refractivity contribution is 5.95. The van der Waals surface area contributed by atoms with Gasteiger partial charge in [-0.25, -0.2) is 0 Å². The minimum atomic E-state index is 0.0162. The highest BCUT2D eigenvalue weighted by Crippen LogP contribution is 2.64. The molecule has 0 spiro atoms. The van der Waals surface area contributed by atoms with Crippen molar-refractivity contribution in [3.8, 4) is 11.5 Å². The first-order chi connectivity index (χ1) is 18.6. The average Bonchev–Trinajstić information content (AvgIpc) is 2.88. The van der Waals surface area contributed by atoms with Gasteiger partial charge in [-0.1, -0.05) is 12.1 Å². The van der Waals surface area contributed by atoms with E-state index in [1.807, 2.05) is 0 Å². The molecule has 8 aliphatic rings. The summed E-state index contributed by atoms with van der Waals surface area (Å²) in [4.78, 5) is 0. The zero-order valence-electron chi connectivity index (χ0n) is 22.8. The first-order valence-corrected chi connectivity index (χ1v) is 15.7. The Morgan fingerprint density at radius 3 is 1.63 bits per heavy atom. The van der Waals surface area contributed by atoms with Crippen LogP contribution >= 0.6 is 0 Å². The van der Waals surface area contributed by atoms with Crippen molar-refractivity contribution in [3.05, 3.63) is 35.4 Å². The number of benzene rings is 2. The van der Waals surface area contributed by atoms with Crippen molar-refractivity contribution in [3.63, 3.8) is 0 Å². The van der Waals surface area contributed by atoms with Crippen LogP contribution in [0.1, 0.15) is 88.2 Å². The Morgan fingerprint density at radius 2 is 1.11 bits per heavy atom. The van der Waals surface area contributed by atoms with E-state index in [2.05, 4.69) is 24.3 Å². The molecule has 2 N–H and O–H groups in total. The van der Waals surface area contributed by atoms with E-state index in [0.29, 0.717) is 13.2 Å². The van der Waals surface area contributed by atoms with Crippen LogP contribution in [0, 0.1) is 35.5 Å². The van der Waals surface area contributed by atoms with Crippen LogP contribution in [0.25, 0.3) is 10.8 Å². The van der Waals surface area contributed by atoms with E-state index in [9.17, 15) is 10.2 Å². The summed E-state index contributed by atoms with van der Waals surface area (Å²) >= 11 is 0. The Kier molecular flexibility index (Phi) is 5.61. The Morgan fingerprint density at radius 1 is 0.605 bits per heavy atom. The number of rotatable bonds is 8. The van der Waals surface area contributed by atoms with Gasteiger partial charge >= 0.3 is 0 Å². The number of hydrogen-bond donors (Lipinski definition) is 2. The fourth-order valence-corrected chi connectivity index (χ4v) is 11.6. The van der Waals surface area contributed by atoms with Crippen LogP contribution in [0.5, 0.6) is 11.5 Å². The van der Waals surface area contributed by atoms with Crippen LogP contribution in [0.4, 0.5) is 0 Å². The molecule has 38 heavy (non-hydrogen) atoms. The molecule has 204 valence electrons. The summed E-state index contributed by atoms with van der Waals surface area (Å²) in [5.41, 5.74) is 3.31. The fourth-order valence-electron chi connectivity index (χ4n) is 11.6. The van der Waals surface area contributed by atoms with Gasteiger partial charge in [0.05, 0.1) is 13.2 Å². The highest BCUT2D eigenvalue weighted by atomic mass is 16.5. The van der Waals surface area contributed by atoms with Crippen molar-refractivity contribution in [2.75, 3.05) is 26.4 Å². The molecule has 8 saturated carbocycles. The van der Waals surface area contributed by atoms with Gasteiger partial charge in [0, 0.05) is 16.3 Å². The van der Waals surface area contributed by atoms with Gasteiger partial charge < -0.3 is 19.7 Å². The van der Waals surface area contributed by atoms with Crippen LogP contribution in [0.2, 0.25) is 0 Å². The van der Waals surface area contributed by atoms with Gasteiger partial charge in [0.25, 0.3) is 0 Å². The molecule has 0 aromatic heterocycles. The minimum Gasteiger partial charge on any atom is -0.491 e. The topological polar surface area (TPSA) is 58.9 Å². The first kappa shape index (κ1) is 24.1. The maximum absolute atomic E-state index is 9.83. The summed E-state index contributed by atoms with van der Waals surface area (Å²) < 4.78 is 12.8. The summed E-state index contributed by atoms with van der Waals surface area (Å²) in [6.45, 7) is 0.678. The quantitative estimate of drug-likeness (QED) is 0.420. The third-order valence-corrected chi connectivity index (χ3v) is 12.0. The monoisotopic (exact) mass is 516 g/mol. The number of fused-ring (bicyclic) bond motifs is 1. The number of aliphatic hydroxyl groups is 2. The van der Waals surface area contributed by atoms with Crippen LogP contribution < -0.4 is 9.47 Å². The third kappa shape index (κ3) is 3.69. The molecule has 8 bridgehead atoms. The van der Waals surface area contributed by atoms with Gasteiger partial charge in [-0.15, -0.1) is 0 Å². The summed E-state index contributed by atoms with van der Waals surface area (Å²) in [6.07, 6.45) is 16.4. The Bertz CT molecular complexity index is 1160. The number of aliphatic hydroxyl groups excluding tert-OH is 2. The molecule has 2 aromatic carbocycles. The van der Waals surface area contributed by atoms with E-state index in [-0.39, 0.29) is 24.0 Å². The lowest BCUT2D eigenvalue weighted by molar-refractivity contribution is -0.00644. The SMILES string of the molecule is OCCOc1cc(C23CC4CC(CC(C4)C2)C3)cc2c(OCCO)c(C34CC5CC(CC(C5)C3)C4)ccc12. The van der Waals surface area contributed by atoms with Gasteiger partial charge in [0.1, 0.15) is 24.7 Å². The largest absolute Gasteiger partial charge is 0.491 e. The molecule has 0 radical (unpaired) electrons. The molecule has 0 heterocycles. The highest BCUT2D eigenvalue weighted by Gasteiger charge is 2.54. The van der Waals surface area contributed by atoms with Crippen molar-refractivity contribution in [2.45, 2.75) is 87.9 Å². The van der Waals surface area contributed by atoms with Crippen LogP contribution in [0.3, 0.4) is 0 Å². The van der Waals surface area contributed by atoms with Crippen molar-refractivity contribution in [2.24, 2.45) is 35.5 Å². The lowest BCUT2D eigenvalue weighted by Gasteiger charge is -2.57. The van der Waals surface area contributed by atoms with Gasteiger partial charge in [-0.05, 0) is 141 Å². The average molecular weight is 517 g/mol. The second kappa shape index (κ2) is 8.86. The zero-order chi connectivity index (χ0) is 25.5. The van der Waals surface area contributed by atoms with E-state index in [0.717, 1.165) is 52.4 Å². The predicted octanol–water partition coefficient (Wildman–Crippen LogP) is 6.52. The Labute approximate surface area is 227 Å². The molecule has 8 aliphatic carbocycles. The third-order valence-electron chi connectivity index (χ3n) is 12.0. The van der Waals surface area contributed by atoms with Crippen LogP contribution in [0.15, 0.2) is 24.3 Å². The standard InChI is InChI=1S/C34H44O4/c35-3-5-37-31-14-27(33-15-21-7-22(16-33)9-23(8-21)17-33)13-29-28(31)1-2-30(32(29)38-6-4-36)34-18-24-10-25(19-34)12-26(11-24)20-34/h1-2,13-14,21-26,35-36H,3-12,15-20H2. The fraction of sp³-hybridized carbons (Fsp3) is 0.706. The zero-order valence-corrected chi connectivity index (χ0v) is 22.8. The predicted molar refractivity (Wildman–Crippen MR) is 149 cm³/mol. The molecular formula is C34H44O4. The molecule has 0 atom stereocenters. The number of hydrogen-bond acceptors (Lipinski definition) is 4. The molecule has 8 fully saturated rings. The molecule has 0 amide bonds. The molecule has 4 nitrogen and oxygen atoms in total. The van der Waals surface area contributed by atoms with E-state index >= 15 is 0 Å². The normalized spacial score (nSPS) is 40.3. The lowest BCUT2D eigenvalue weighted by atomic mass is 9.47. The van der Waals surface area contributed by atoms with Crippen molar-refractivity contribution >= 4 is 10.8 Å². The molecule has 0 aliphatic heterocycles. The smallest absolute Gasteiger partial charge is 0.131 e. The van der Waals surface area contributed by atoms with Crippen molar-refractivity contribution in [1.82, 2.24) is 0 Å². The number of ether oxygens (including phenoxy) is 2. The van der Waals surface area contributed by atoms with Crippen molar-refractivity contribution < 1.29 is 19.7 Å². The lowest BCUT2D eigenvalue weighted by Crippen LogP contribution is -2.48. The second-order valence-electron chi connectivity index (χ2n) is 14.6. The van der Waals surface area contributed by atoms with Crippen LogP contribution in [-0.4, -0.2) is 36.6 Å². The van der Waals surface area contributed by atoms with Crippen LogP contribution in [-0.2, 0) is 10.8 Å². The Hall–Kier alpha value is -1.78. The Balaban J connectivity index is 1.30. The first-order valence-electron chi connectivity index (χ1n) is 15.7. The van der Waals surface area contributed by atoms with E-state index in [1.54, 1.807) is 0 Å². The molecule has 4 heteroatoms. The van der Waals surface area contributed by atoms with Gasteiger partial charge in [0.15, 0.2) is 0 Å². The van der Waals surface area contributed by atoms with Crippen molar-refractivity contribution in [1.29, 1.82) is 0 Å². The molecule has 10 rings (SSSR count). The van der Waals surface area contributed by atoms with E-state index in [4.69, 9.17) is 9.47 Å².